The van der Waals surface area contributed by atoms with Gasteiger partial charge in [-0.15, -0.1) is 0 Å². The molecule has 1 saturated carbocycles. The van der Waals surface area contributed by atoms with Gasteiger partial charge in [-0.3, -0.25) is 0 Å². The highest BCUT2D eigenvalue weighted by Gasteiger charge is 2.24. The maximum absolute atomic E-state index is 9.76. The van der Waals surface area contributed by atoms with Crippen LogP contribution in [0.15, 0.2) is 12.1 Å². The third kappa shape index (κ3) is 3.07. The highest BCUT2D eigenvalue weighted by Crippen LogP contribution is 2.30. The first-order valence-corrected chi connectivity index (χ1v) is 6.43. The summed E-state index contributed by atoms with van der Waals surface area (Å²) in [5, 5.41) is 26.5. The first-order valence-electron chi connectivity index (χ1n) is 6.43. The fraction of sp³-hybridized carbons (Fsp3) is 0.400. The van der Waals surface area contributed by atoms with E-state index in [9.17, 15) is 10.2 Å². The predicted octanol–water partition coefficient (Wildman–Crippen LogP) is 2.11. The largest absolute Gasteiger partial charge is 0.504 e. The first kappa shape index (κ1) is 13.4. The van der Waals surface area contributed by atoms with E-state index >= 15 is 0 Å². The lowest BCUT2D eigenvalue weighted by atomic mass is 9.83. The second-order valence-electron chi connectivity index (χ2n) is 5.05. The molecular formula is C15H18N2O2. The Morgan fingerprint density at radius 2 is 1.89 bits per heavy atom. The van der Waals surface area contributed by atoms with Crippen molar-refractivity contribution in [2.24, 2.45) is 5.73 Å². The molecule has 0 aromatic heterocycles. The number of hydrogen-bond acceptors (Lipinski definition) is 4. The third-order valence-corrected chi connectivity index (χ3v) is 3.47. The molecule has 100 valence electrons. The monoisotopic (exact) mass is 258 g/mol. The van der Waals surface area contributed by atoms with Crippen LogP contribution < -0.4 is 5.73 Å². The second kappa shape index (κ2) is 5.33. The minimum Gasteiger partial charge on any atom is -0.504 e. The quantitative estimate of drug-likeness (QED) is 0.353. The molecule has 1 aliphatic rings. The maximum atomic E-state index is 9.76. The lowest BCUT2D eigenvalue weighted by Gasteiger charge is -2.27. The van der Waals surface area contributed by atoms with Crippen LogP contribution in [0.5, 0.6) is 11.5 Å². The summed E-state index contributed by atoms with van der Waals surface area (Å²) in [5.74, 6) is 5.35. The minimum absolute atomic E-state index is 0.252. The summed E-state index contributed by atoms with van der Waals surface area (Å²) in [4.78, 5) is 0. The summed E-state index contributed by atoms with van der Waals surface area (Å²) in [6.07, 6.45) is 6.15. The van der Waals surface area contributed by atoms with Crippen LogP contribution in [0, 0.1) is 17.3 Å². The Morgan fingerprint density at radius 1 is 1.21 bits per heavy atom. The molecule has 0 atom stereocenters. The summed E-state index contributed by atoms with van der Waals surface area (Å²) in [5.41, 5.74) is 6.51. The van der Waals surface area contributed by atoms with Crippen LogP contribution in [0.3, 0.4) is 0 Å². The van der Waals surface area contributed by atoms with Gasteiger partial charge in [0, 0.05) is 6.21 Å². The van der Waals surface area contributed by atoms with E-state index in [0.29, 0.717) is 11.1 Å². The van der Waals surface area contributed by atoms with Crippen LogP contribution in [0.1, 0.15) is 43.2 Å². The Bertz CT molecular complexity index is 549. The van der Waals surface area contributed by atoms with Crippen molar-refractivity contribution in [1.29, 1.82) is 5.41 Å². The van der Waals surface area contributed by atoms with Crippen molar-refractivity contribution in [3.05, 3.63) is 23.3 Å². The molecular weight excluding hydrogens is 240 g/mol. The van der Waals surface area contributed by atoms with E-state index < -0.39 is 5.54 Å². The van der Waals surface area contributed by atoms with Crippen molar-refractivity contribution < 1.29 is 10.2 Å². The molecule has 0 spiro atoms. The number of nitrogens with one attached hydrogen (secondary N) is 1. The van der Waals surface area contributed by atoms with Crippen molar-refractivity contribution in [2.45, 2.75) is 37.6 Å². The Morgan fingerprint density at radius 3 is 2.53 bits per heavy atom. The molecule has 1 aliphatic carbocycles. The van der Waals surface area contributed by atoms with E-state index in [1.807, 2.05) is 0 Å². The molecule has 4 nitrogen and oxygen atoms in total. The highest BCUT2D eigenvalue weighted by molar-refractivity contribution is 5.80. The SMILES string of the molecule is N=Cc1cc(O)c(O)c(C#CC2(N)CCCCC2)c1. The van der Waals surface area contributed by atoms with Gasteiger partial charge in [0.2, 0.25) is 0 Å². The molecule has 19 heavy (non-hydrogen) atoms. The number of phenols is 2. The molecule has 0 heterocycles. The van der Waals surface area contributed by atoms with Gasteiger partial charge >= 0.3 is 0 Å². The van der Waals surface area contributed by atoms with Crippen LogP contribution in [0.2, 0.25) is 0 Å². The summed E-state index contributed by atoms with van der Waals surface area (Å²) < 4.78 is 0. The molecule has 0 radical (unpaired) electrons. The molecule has 1 fully saturated rings. The van der Waals surface area contributed by atoms with E-state index in [1.54, 1.807) is 6.07 Å². The molecule has 1 aromatic rings. The first-order chi connectivity index (χ1) is 9.04. The van der Waals surface area contributed by atoms with E-state index in [1.165, 1.54) is 12.5 Å². The molecule has 5 N–H and O–H groups in total. The fourth-order valence-electron chi connectivity index (χ4n) is 2.32. The zero-order valence-electron chi connectivity index (χ0n) is 10.7. The van der Waals surface area contributed by atoms with Crippen LogP contribution in [-0.2, 0) is 0 Å². The van der Waals surface area contributed by atoms with Crippen LogP contribution in [0.4, 0.5) is 0 Å². The van der Waals surface area contributed by atoms with Gasteiger partial charge in [0.25, 0.3) is 0 Å². The van der Waals surface area contributed by atoms with Crippen molar-refractivity contribution >= 4 is 6.21 Å². The standard InChI is InChI=1S/C15H18N2O2/c16-10-11-8-12(14(19)13(18)9-11)4-7-15(17)5-2-1-3-6-15/h8-10,16,18-19H,1-3,5-6,17H2. The van der Waals surface area contributed by atoms with Gasteiger partial charge in [-0.05, 0) is 30.5 Å². The summed E-state index contributed by atoms with van der Waals surface area (Å²) >= 11 is 0. The number of hydrogen-bond donors (Lipinski definition) is 4. The summed E-state index contributed by atoms with van der Waals surface area (Å²) in [6.45, 7) is 0. The predicted molar refractivity (Wildman–Crippen MR) is 74.5 cm³/mol. The molecule has 0 aliphatic heterocycles. The average molecular weight is 258 g/mol. The topological polar surface area (TPSA) is 90.3 Å². The normalized spacial score (nSPS) is 17.3. The number of nitrogens with two attached hydrogens (primary N) is 1. The van der Waals surface area contributed by atoms with Crippen molar-refractivity contribution in [3.8, 4) is 23.3 Å². The maximum Gasteiger partial charge on any atom is 0.173 e. The van der Waals surface area contributed by atoms with Gasteiger partial charge in [-0.25, -0.2) is 0 Å². The Hall–Kier alpha value is -1.99. The van der Waals surface area contributed by atoms with Gasteiger partial charge < -0.3 is 21.4 Å². The number of phenolic OH excluding ortho intramolecular Hbond substituents is 2. The molecule has 0 saturated heterocycles. The van der Waals surface area contributed by atoms with Gasteiger partial charge in [0.1, 0.15) is 0 Å². The zero-order chi connectivity index (χ0) is 13.9. The summed E-state index contributed by atoms with van der Waals surface area (Å²) in [6, 6.07) is 2.90. The fourth-order valence-corrected chi connectivity index (χ4v) is 2.32. The third-order valence-electron chi connectivity index (χ3n) is 3.47. The van der Waals surface area contributed by atoms with Crippen molar-refractivity contribution in [1.82, 2.24) is 0 Å². The molecule has 0 bridgehead atoms. The molecule has 2 rings (SSSR count). The lowest BCUT2D eigenvalue weighted by molar-refractivity contribution is 0.370. The van der Waals surface area contributed by atoms with Gasteiger partial charge in [-0.2, -0.15) is 0 Å². The van der Waals surface area contributed by atoms with Gasteiger partial charge in [0.05, 0.1) is 11.1 Å². The number of aromatic hydroxyl groups is 2. The van der Waals surface area contributed by atoms with E-state index in [4.69, 9.17) is 11.1 Å². The van der Waals surface area contributed by atoms with Crippen molar-refractivity contribution in [3.63, 3.8) is 0 Å². The van der Waals surface area contributed by atoms with Crippen LogP contribution in [0.25, 0.3) is 0 Å². The lowest BCUT2D eigenvalue weighted by Crippen LogP contribution is -2.40. The molecule has 0 unspecified atom stereocenters. The van der Waals surface area contributed by atoms with E-state index in [2.05, 4.69) is 11.8 Å². The smallest absolute Gasteiger partial charge is 0.173 e. The van der Waals surface area contributed by atoms with Gasteiger partial charge in [0.15, 0.2) is 11.5 Å². The van der Waals surface area contributed by atoms with Crippen LogP contribution >= 0.6 is 0 Å². The summed E-state index contributed by atoms with van der Waals surface area (Å²) in [7, 11) is 0. The van der Waals surface area contributed by atoms with E-state index in [0.717, 1.165) is 31.9 Å². The minimum atomic E-state index is -0.499. The molecule has 1 aromatic carbocycles. The Balaban J connectivity index is 2.33. The number of benzene rings is 1. The molecule has 4 heteroatoms. The van der Waals surface area contributed by atoms with Crippen molar-refractivity contribution in [2.75, 3.05) is 0 Å². The molecule has 0 amide bonds. The second-order valence-corrected chi connectivity index (χ2v) is 5.05. The van der Waals surface area contributed by atoms with Crippen LogP contribution in [-0.4, -0.2) is 22.0 Å². The zero-order valence-corrected chi connectivity index (χ0v) is 10.7. The number of rotatable bonds is 1. The Kier molecular flexibility index (Phi) is 3.77. The average Bonchev–Trinajstić information content (AvgIpc) is 2.41. The van der Waals surface area contributed by atoms with Gasteiger partial charge in [-0.1, -0.05) is 31.1 Å². The highest BCUT2D eigenvalue weighted by atomic mass is 16.3. The van der Waals surface area contributed by atoms with E-state index in [-0.39, 0.29) is 11.5 Å². The Labute approximate surface area is 112 Å².